The Morgan fingerprint density at radius 1 is 1.21 bits per heavy atom. The highest BCUT2D eigenvalue weighted by Crippen LogP contribution is 2.28. The van der Waals surface area contributed by atoms with E-state index in [0.29, 0.717) is 41.3 Å². The number of aromatic nitrogens is 2. The highest BCUT2D eigenvalue weighted by atomic mass is 16.5. The number of hydrogen-bond donors (Lipinski definition) is 2. The summed E-state index contributed by atoms with van der Waals surface area (Å²) in [6.45, 7) is 3.54. The van der Waals surface area contributed by atoms with Gasteiger partial charge in [0.25, 0.3) is 17.7 Å². The van der Waals surface area contributed by atoms with Crippen LogP contribution in [0.4, 0.5) is 5.69 Å². The molecule has 3 aromatic rings. The molecular weight excluding hydrogens is 376 g/mol. The summed E-state index contributed by atoms with van der Waals surface area (Å²) in [6, 6.07) is 8.75. The van der Waals surface area contributed by atoms with E-state index in [0.717, 1.165) is 17.9 Å². The normalized spacial score (nSPS) is 11.8. The van der Waals surface area contributed by atoms with Gasteiger partial charge in [0, 0.05) is 6.07 Å². The number of hydrogen-bond acceptors (Lipinski definition) is 7. The molecule has 0 fully saturated rings. The fourth-order valence-electron chi connectivity index (χ4n) is 2.95. The maximum atomic E-state index is 12.6. The molecule has 0 radical (unpaired) electrons. The highest BCUT2D eigenvalue weighted by molar-refractivity contribution is 5.93. The molecule has 1 aromatic carbocycles. The number of quaternary nitrogens is 1. The van der Waals surface area contributed by atoms with E-state index in [1.165, 1.54) is 0 Å². The van der Waals surface area contributed by atoms with Gasteiger partial charge in [0.1, 0.15) is 11.5 Å². The summed E-state index contributed by atoms with van der Waals surface area (Å²) >= 11 is 0. The van der Waals surface area contributed by atoms with Gasteiger partial charge in [-0.25, -0.2) is 0 Å². The van der Waals surface area contributed by atoms with E-state index in [1.54, 1.807) is 50.8 Å². The van der Waals surface area contributed by atoms with Gasteiger partial charge in [-0.15, -0.1) is 10.2 Å². The van der Waals surface area contributed by atoms with Gasteiger partial charge >= 0.3 is 0 Å². The second-order valence-electron chi connectivity index (χ2n) is 6.45. The molecule has 9 heteroatoms. The third-order valence-electron chi connectivity index (χ3n) is 4.30. The molecule has 2 aromatic heterocycles. The van der Waals surface area contributed by atoms with Crippen molar-refractivity contribution in [3.63, 3.8) is 0 Å². The number of carbonyl (C=O) groups is 1. The molecule has 2 heterocycles. The summed E-state index contributed by atoms with van der Waals surface area (Å²) in [5.74, 6) is 2.35. The molecule has 1 unspecified atom stereocenters. The minimum atomic E-state index is -0.136. The average Bonchev–Trinajstić information content (AvgIpc) is 3.40. The Morgan fingerprint density at radius 2 is 2.07 bits per heavy atom. The molecule has 1 amide bonds. The number of nitrogens with zero attached hydrogens (tertiary/aromatic N) is 2. The zero-order valence-electron chi connectivity index (χ0n) is 16.7. The zero-order valence-corrected chi connectivity index (χ0v) is 16.7. The number of furan rings is 1. The van der Waals surface area contributed by atoms with Crippen LogP contribution in [0.15, 0.2) is 45.4 Å². The van der Waals surface area contributed by atoms with Crippen LogP contribution in [-0.4, -0.2) is 43.4 Å². The Balaban J connectivity index is 1.63. The fraction of sp³-hybridized carbons (Fsp3) is 0.350. The van der Waals surface area contributed by atoms with Crippen molar-refractivity contribution in [1.29, 1.82) is 0 Å². The van der Waals surface area contributed by atoms with Crippen LogP contribution < -0.4 is 19.7 Å². The molecule has 0 spiro atoms. The topological polar surface area (TPSA) is 104 Å². The number of nitrogens with one attached hydrogen (secondary N) is 2. The van der Waals surface area contributed by atoms with Crippen LogP contribution in [0.2, 0.25) is 0 Å². The lowest BCUT2D eigenvalue weighted by Gasteiger charge is -2.17. The van der Waals surface area contributed by atoms with Crippen LogP contribution in [0.3, 0.4) is 0 Å². The molecular formula is C20H25N4O5+. The van der Waals surface area contributed by atoms with Gasteiger partial charge in [-0.3, -0.25) is 4.79 Å². The van der Waals surface area contributed by atoms with Crippen molar-refractivity contribution in [2.45, 2.75) is 19.9 Å². The first-order chi connectivity index (χ1) is 14.1. The first-order valence-electron chi connectivity index (χ1n) is 9.34. The molecule has 0 saturated carbocycles. The van der Waals surface area contributed by atoms with E-state index < -0.39 is 0 Å². The molecule has 0 aliphatic heterocycles. The van der Waals surface area contributed by atoms with Crippen molar-refractivity contribution in [2.75, 3.05) is 32.6 Å². The molecule has 1 atom stereocenters. The molecule has 3 rings (SSSR count). The van der Waals surface area contributed by atoms with E-state index in [1.807, 2.05) is 0 Å². The largest absolute Gasteiger partial charge is 0.497 e. The number of benzene rings is 1. The maximum Gasteiger partial charge on any atom is 0.283 e. The van der Waals surface area contributed by atoms with E-state index in [4.69, 9.17) is 18.3 Å². The smallest absolute Gasteiger partial charge is 0.283 e. The van der Waals surface area contributed by atoms with Crippen LogP contribution in [0, 0.1) is 0 Å². The second kappa shape index (κ2) is 9.74. The van der Waals surface area contributed by atoms with E-state index in [2.05, 4.69) is 22.4 Å². The number of rotatable bonds is 10. The lowest BCUT2D eigenvalue weighted by molar-refractivity contribution is -0.907. The molecule has 9 nitrogen and oxygen atoms in total. The van der Waals surface area contributed by atoms with E-state index >= 15 is 0 Å². The van der Waals surface area contributed by atoms with Crippen molar-refractivity contribution in [3.8, 4) is 23.1 Å². The van der Waals surface area contributed by atoms with Gasteiger partial charge in [-0.05, 0) is 30.7 Å². The predicted octanol–water partition coefficient (Wildman–Crippen LogP) is 1.78. The maximum absolute atomic E-state index is 12.6. The monoisotopic (exact) mass is 401 g/mol. The van der Waals surface area contributed by atoms with Crippen molar-refractivity contribution in [3.05, 3.63) is 42.5 Å². The minimum absolute atomic E-state index is 0.136. The fourth-order valence-corrected chi connectivity index (χ4v) is 2.95. The number of ether oxygens (including phenoxy) is 2. The third kappa shape index (κ3) is 5.35. The summed E-state index contributed by atoms with van der Waals surface area (Å²) in [5, 5.41) is 11.0. The molecule has 0 aliphatic carbocycles. The van der Waals surface area contributed by atoms with Crippen molar-refractivity contribution in [1.82, 2.24) is 10.2 Å². The van der Waals surface area contributed by atoms with Gasteiger partial charge in [0.2, 0.25) is 0 Å². The van der Waals surface area contributed by atoms with Gasteiger partial charge in [-0.1, -0.05) is 6.92 Å². The molecule has 29 heavy (non-hydrogen) atoms. The molecule has 2 N–H and O–H groups in total. The van der Waals surface area contributed by atoms with Crippen LogP contribution in [0.5, 0.6) is 11.5 Å². The first-order valence-corrected chi connectivity index (χ1v) is 9.34. The Bertz CT molecular complexity index is 923. The van der Waals surface area contributed by atoms with Gasteiger partial charge in [0.15, 0.2) is 18.8 Å². The van der Waals surface area contributed by atoms with Crippen LogP contribution in [0.25, 0.3) is 11.7 Å². The summed E-state index contributed by atoms with van der Waals surface area (Å²) < 4.78 is 21.4. The summed E-state index contributed by atoms with van der Waals surface area (Å²) in [4.78, 5) is 13.6. The first kappa shape index (κ1) is 20.4. The number of methoxy groups -OCH3 is 2. The Labute approximate surface area is 168 Å². The molecule has 0 aliphatic rings. The van der Waals surface area contributed by atoms with Crippen LogP contribution in [0.1, 0.15) is 19.2 Å². The standard InChI is InChI=1S/C20H24N4O5/c1-4-9-24(13-19-22-23-20(29-19)16-6-5-10-28-16)12-18(25)21-15-8-7-14(26-2)11-17(15)27-3/h5-8,10-11H,4,9,12-13H2,1-3H3,(H,21,25)/p+1. The molecule has 154 valence electrons. The Hall–Kier alpha value is -3.33. The average molecular weight is 401 g/mol. The predicted molar refractivity (Wildman–Crippen MR) is 105 cm³/mol. The Morgan fingerprint density at radius 3 is 2.76 bits per heavy atom. The van der Waals surface area contributed by atoms with Gasteiger partial charge < -0.3 is 28.5 Å². The van der Waals surface area contributed by atoms with Gasteiger partial charge in [-0.2, -0.15) is 0 Å². The van der Waals surface area contributed by atoms with Crippen molar-refractivity contribution in [2.24, 2.45) is 0 Å². The van der Waals surface area contributed by atoms with Crippen LogP contribution >= 0.6 is 0 Å². The highest BCUT2D eigenvalue weighted by Gasteiger charge is 2.20. The third-order valence-corrected chi connectivity index (χ3v) is 4.30. The summed E-state index contributed by atoms with van der Waals surface area (Å²) in [5.41, 5.74) is 0.590. The quantitative estimate of drug-likeness (QED) is 0.534. The summed E-state index contributed by atoms with van der Waals surface area (Å²) in [7, 11) is 3.12. The van der Waals surface area contributed by atoms with E-state index in [-0.39, 0.29) is 12.5 Å². The Kier molecular flexibility index (Phi) is 6.85. The lowest BCUT2D eigenvalue weighted by atomic mass is 10.2. The molecule has 0 saturated heterocycles. The second-order valence-corrected chi connectivity index (χ2v) is 6.45. The van der Waals surface area contributed by atoms with E-state index in [9.17, 15) is 4.79 Å². The minimum Gasteiger partial charge on any atom is -0.497 e. The number of amides is 1. The van der Waals surface area contributed by atoms with Crippen LogP contribution in [-0.2, 0) is 11.3 Å². The number of carbonyl (C=O) groups excluding carboxylic acids is 1. The molecule has 0 bridgehead atoms. The van der Waals surface area contributed by atoms with Crippen molar-refractivity contribution >= 4 is 11.6 Å². The number of anilines is 1. The van der Waals surface area contributed by atoms with Gasteiger partial charge in [0.05, 0.1) is 32.7 Å². The van der Waals surface area contributed by atoms with Crippen molar-refractivity contribution < 1.29 is 28.0 Å². The SMILES string of the molecule is CCC[NH+](CC(=O)Nc1ccc(OC)cc1OC)Cc1nnc(-c2ccco2)o1. The lowest BCUT2D eigenvalue weighted by Crippen LogP contribution is -3.11. The summed E-state index contributed by atoms with van der Waals surface area (Å²) in [6.07, 6.45) is 2.46. The zero-order chi connectivity index (χ0) is 20.6.